The van der Waals surface area contributed by atoms with Crippen molar-refractivity contribution in [2.45, 2.75) is 33.1 Å². The number of nitrogens with zero attached hydrogens (tertiary/aromatic N) is 1. The second-order valence-corrected chi connectivity index (χ2v) is 6.62. The van der Waals surface area contributed by atoms with E-state index in [2.05, 4.69) is 73.4 Å². The van der Waals surface area contributed by atoms with Crippen LogP contribution in [0.1, 0.15) is 43.4 Å². The molecule has 1 aliphatic rings. The van der Waals surface area contributed by atoms with Gasteiger partial charge in [0, 0.05) is 6.54 Å². The number of rotatable bonds is 7. The van der Waals surface area contributed by atoms with Crippen LogP contribution in [0.3, 0.4) is 0 Å². The molecule has 3 rings (SSSR count). The summed E-state index contributed by atoms with van der Waals surface area (Å²) in [5.41, 5.74) is 5.62. The molecule has 2 aromatic carbocycles. The molecule has 0 bridgehead atoms. The van der Waals surface area contributed by atoms with Gasteiger partial charge in [-0.3, -0.25) is 0 Å². The maximum Gasteiger partial charge on any atom is 0.119 e. The Bertz CT molecular complexity index is 704. The minimum Gasteiger partial charge on any atom is -0.492 e. The van der Waals surface area contributed by atoms with Crippen molar-refractivity contribution in [3.63, 3.8) is 0 Å². The van der Waals surface area contributed by atoms with Gasteiger partial charge in [-0.15, -0.1) is 12.4 Å². The van der Waals surface area contributed by atoms with Gasteiger partial charge >= 0.3 is 0 Å². The number of likely N-dealkylation sites (N-methyl/N-ethyl adjacent to an activating group) is 1. The van der Waals surface area contributed by atoms with E-state index in [1.807, 2.05) is 0 Å². The summed E-state index contributed by atoms with van der Waals surface area (Å²) in [5, 5.41) is 0. The SMILES string of the molecule is CCN(CC)CCOc1ccc(/C=C2\CCCc3ccccc32)cc1.Cl. The first-order valence-electron chi connectivity index (χ1n) is 9.54. The van der Waals surface area contributed by atoms with E-state index in [0.29, 0.717) is 0 Å². The molecule has 26 heavy (non-hydrogen) atoms. The molecular formula is C23H30ClNO. The Morgan fingerprint density at radius 2 is 1.69 bits per heavy atom. The first-order valence-corrected chi connectivity index (χ1v) is 9.54. The summed E-state index contributed by atoms with van der Waals surface area (Å²) in [6.45, 7) is 8.26. The van der Waals surface area contributed by atoms with Gasteiger partial charge in [-0.05, 0) is 66.7 Å². The zero-order chi connectivity index (χ0) is 17.5. The Balaban J connectivity index is 0.00000243. The molecule has 0 unspecified atom stereocenters. The molecule has 3 heteroatoms. The Morgan fingerprint density at radius 3 is 2.42 bits per heavy atom. The lowest BCUT2D eigenvalue weighted by Crippen LogP contribution is -2.27. The van der Waals surface area contributed by atoms with Crippen LogP contribution in [0.5, 0.6) is 5.75 Å². The largest absolute Gasteiger partial charge is 0.492 e. The molecule has 0 amide bonds. The number of aryl methyl sites for hydroxylation is 1. The lowest BCUT2D eigenvalue weighted by atomic mass is 9.86. The Labute approximate surface area is 164 Å². The van der Waals surface area contributed by atoms with Crippen LogP contribution in [0, 0.1) is 0 Å². The molecule has 2 nitrogen and oxygen atoms in total. The fourth-order valence-corrected chi connectivity index (χ4v) is 3.50. The van der Waals surface area contributed by atoms with Crippen molar-refractivity contribution < 1.29 is 4.74 Å². The number of fused-ring (bicyclic) bond motifs is 1. The molecule has 0 saturated carbocycles. The third kappa shape index (κ3) is 5.36. The standard InChI is InChI=1S/C23H29NO.ClH/c1-3-24(4-2)16-17-25-22-14-12-19(13-15-22)18-21-10-7-9-20-8-5-6-11-23(20)21;/h5-6,8,11-15,18H,3-4,7,9-10,16-17H2,1-2H3;1H/b21-18+;. The fraction of sp³-hybridized carbons (Fsp3) is 0.391. The van der Waals surface area contributed by atoms with Gasteiger partial charge in [0.2, 0.25) is 0 Å². The highest BCUT2D eigenvalue weighted by molar-refractivity contribution is 5.85. The number of halogens is 1. The second-order valence-electron chi connectivity index (χ2n) is 6.62. The summed E-state index contributed by atoms with van der Waals surface area (Å²) in [6.07, 6.45) is 5.94. The minimum atomic E-state index is 0. The van der Waals surface area contributed by atoms with Gasteiger partial charge in [0.1, 0.15) is 12.4 Å². The van der Waals surface area contributed by atoms with Crippen LogP contribution in [0.15, 0.2) is 48.5 Å². The zero-order valence-corrected chi connectivity index (χ0v) is 16.7. The Morgan fingerprint density at radius 1 is 0.962 bits per heavy atom. The maximum atomic E-state index is 5.88. The second kappa shape index (κ2) is 10.4. The molecule has 0 radical (unpaired) electrons. The lowest BCUT2D eigenvalue weighted by molar-refractivity contribution is 0.223. The third-order valence-corrected chi connectivity index (χ3v) is 5.05. The molecule has 2 aromatic rings. The zero-order valence-electron chi connectivity index (χ0n) is 15.9. The first kappa shape index (κ1) is 20.5. The van der Waals surface area contributed by atoms with Crippen molar-refractivity contribution in [1.82, 2.24) is 4.90 Å². The quantitative estimate of drug-likeness (QED) is 0.618. The normalized spacial score (nSPS) is 14.8. The smallest absolute Gasteiger partial charge is 0.119 e. The minimum absolute atomic E-state index is 0. The molecule has 0 aliphatic heterocycles. The van der Waals surface area contributed by atoms with E-state index < -0.39 is 0 Å². The molecule has 1 aliphatic carbocycles. The first-order chi connectivity index (χ1) is 12.3. The van der Waals surface area contributed by atoms with E-state index in [0.717, 1.165) is 32.0 Å². The molecule has 0 N–H and O–H groups in total. The van der Waals surface area contributed by atoms with E-state index in [1.54, 1.807) is 0 Å². The molecular weight excluding hydrogens is 342 g/mol. The lowest BCUT2D eigenvalue weighted by Gasteiger charge is -2.19. The van der Waals surface area contributed by atoms with Gasteiger partial charge < -0.3 is 9.64 Å². The van der Waals surface area contributed by atoms with Crippen molar-refractivity contribution in [2.24, 2.45) is 0 Å². The van der Waals surface area contributed by atoms with E-state index in [9.17, 15) is 0 Å². The van der Waals surface area contributed by atoms with Crippen LogP contribution < -0.4 is 4.74 Å². The van der Waals surface area contributed by atoms with Crippen molar-refractivity contribution in [1.29, 1.82) is 0 Å². The van der Waals surface area contributed by atoms with Crippen LogP contribution in [-0.2, 0) is 6.42 Å². The topological polar surface area (TPSA) is 12.5 Å². The highest BCUT2D eigenvalue weighted by Gasteiger charge is 2.12. The number of hydrogen-bond acceptors (Lipinski definition) is 2. The monoisotopic (exact) mass is 371 g/mol. The molecule has 0 aromatic heterocycles. The maximum absolute atomic E-state index is 5.88. The molecule has 0 saturated heterocycles. The number of benzene rings is 2. The van der Waals surface area contributed by atoms with Crippen molar-refractivity contribution in [2.75, 3.05) is 26.2 Å². The van der Waals surface area contributed by atoms with Gasteiger partial charge in [0.05, 0.1) is 0 Å². The summed E-state index contributed by atoms with van der Waals surface area (Å²) in [5.74, 6) is 0.957. The molecule has 0 atom stereocenters. The summed E-state index contributed by atoms with van der Waals surface area (Å²) >= 11 is 0. The van der Waals surface area contributed by atoms with Gasteiger partial charge in [-0.25, -0.2) is 0 Å². The highest BCUT2D eigenvalue weighted by Crippen LogP contribution is 2.32. The van der Waals surface area contributed by atoms with Gasteiger partial charge in [-0.2, -0.15) is 0 Å². The van der Waals surface area contributed by atoms with Crippen LogP contribution in [0.4, 0.5) is 0 Å². The summed E-state index contributed by atoms with van der Waals surface area (Å²) < 4.78 is 5.88. The molecule has 140 valence electrons. The van der Waals surface area contributed by atoms with Crippen LogP contribution >= 0.6 is 12.4 Å². The highest BCUT2D eigenvalue weighted by atomic mass is 35.5. The predicted octanol–water partition coefficient (Wildman–Crippen LogP) is 5.71. The molecule has 0 fully saturated rings. The van der Waals surface area contributed by atoms with Gasteiger partial charge in [-0.1, -0.05) is 56.3 Å². The van der Waals surface area contributed by atoms with Crippen molar-refractivity contribution >= 4 is 24.1 Å². The van der Waals surface area contributed by atoms with E-state index in [1.165, 1.54) is 41.5 Å². The van der Waals surface area contributed by atoms with Crippen molar-refractivity contribution in [3.05, 3.63) is 65.2 Å². The van der Waals surface area contributed by atoms with Crippen LogP contribution in [0.25, 0.3) is 11.6 Å². The van der Waals surface area contributed by atoms with Crippen molar-refractivity contribution in [3.8, 4) is 5.75 Å². The Hall–Kier alpha value is -1.77. The van der Waals surface area contributed by atoms with Crippen LogP contribution in [0.2, 0.25) is 0 Å². The number of allylic oxidation sites excluding steroid dienone is 1. The summed E-state index contributed by atoms with van der Waals surface area (Å²) in [4.78, 5) is 2.37. The van der Waals surface area contributed by atoms with E-state index >= 15 is 0 Å². The average Bonchev–Trinajstić information content (AvgIpc) is 2.67. The number of hydrogen-bond donors (Lipinski definition) is 0. The van der Waals surface area contributed by atoms with E-state index in [4.69, 9.17) is 4.74 Å². The van der Waals surface area contributed by atoms with E-state index in [-0.39, 0.29) is 12.4 Å². The van der Waals surface area contributed by atoms with Gasteiger partial charge in [0.25, 0.3) is 0 Å². The van der Waals surface area contributed by atoms with Crippen LogP contribution in [-0.4, -0.2) is 31.1 Å². The van der Waals surface area contributed by atoms with Gasteiger partial charge in [0.15, 0.2) is 0 Å². The Kier molecular flexibility index (Phi) is 8.21. The average molecular weight is 372 g/mol. The third-order valence-electron chi connectivity index (χ3n) is 5.05. The summed E-state index contributed by atoms with van der Waals surface area (Å²) in [7, 11) is 0. The predicted molar refractivity (Wildman–Crippen MR) is 114 cm³/mol. The molecule has 0 heterocycles. The molecule has 0 spiro atoms. The fourth-order valence-electron chi connectivity index (χ4n) is 3.50. The summed E-state index contributed by atoms with van der Waals surface area (Å²) in [6, 6.07) is 17.3. The number of ether oxygens (including phenoxy) is 1.